The van der Waals surface area contributed by atoms with Crippen molar-refractivity contribution in [3.05, 3.63) is 54.4 Å². The van der Waals surface area contributed by atoms with E-state index in [1.165, 1.54) is 16.8 Å². The van der Waals surface area contributed by atoms with E-state index in [-0.39, 0.29) is 13.0 Å². The van der Waals surface area contributed by atoms with Crippen LogP contribution in [0.15, 0.2) is 48.7 Å². The molecule has 0 saturated carbocycles. The van der Waals surface area contributed by atoms with Crippen LogP contribution in [-0.4, -0.2) is 70.8 Å². The number of hydrogen-bond donors (Lipinski definition) is 0. The molecule has 11 heteroatoms. The zero-order valence-electron chi connectivity index (χ0n) is 15.5. The van der Waals surface area contributed by atoms with E-state index >= 15 is 0 Å². The summed E-state index contributed by atoms with van der Waals surface area (Å²) in [5, 5.41) is 0. The zero-order chi connectivity index (χ0) is 19.0. The molecule has 0 aliphatic carbocycles. The molecular formula is C15H16B10N+. The number of benzene rings is 1. The second-order valence-corrected chi connectivity index (χ2v) is 7.59. The van der Waals surface area contributed by atoms with E-state index in [4.69, 9.17) is 38.7 Å². The number of hydrogen-bond acceptors (Lipinski definition) is 0. The van der Waals surface area contributed by atoms with Gasteiger partial charge in [-0.05, 0) is 11.1 Å². The molecule has 0 bridgehead atoms. The fraction of sp³-hybridized carbons (Fsp3) is 0.267. The number of aromatic nitrogens is 1. The summed E-state index contributed by atoms with van der Waals surface area (Å²) in [6.45, 7) is 2.49. The minimum Gasteiger partial charge on any atom is -0.206 e. The summed E-state index contributed by atoms with van der Waals surface area (Å²) in [5.41, 5.74) is 3.66. The summed E-state index contributed by atoms with van der Waals surface area (Å²) < 4.78 is 2.17. The fourth-order valence-electron chi connectivity index (χ4n) is 4.31. The number of nitrogens with zero attached hydrogens (tertiary/aromatic N) is 1. The van der Waals surface area contributed by atoms with Gasteiger partial charge >= 0.3 is 0 Å². The van der Waals surface area contributed by atoms with Crippen molar-refractivity contribution in [3.8, 4) is 11.1 Å². The van der Waals surface area contributed by atoms with E-state index < -0.39 is 19.2 Å². The molecule has 2 atom stereocenters. The van der Waals surface area contributed by atoms with Gasteiger partial charge in [-0.2, -0.15) is 0 Å². The van der Waals surface area contributed by atoms with Crippen molar-refractivity contribution in [2.75, 3.05) is 0 Å². The highest BCUT2D eigenvalue weighted by atomic mass is 14.9. The second kappa shape index (κ2) is 7.95. The Morgan fingerprint density at radius 1 is 0.923 bits per heavy atom. The topological polar surface area (TPSA) is 3.88 Å². The number of rotatable bonds is 6. The van der Waals surface area contributed by atoms with Crippen LogP contribution in [0.25, 0.3) is 11.1 Å². The summed E-state index contributed by atoms with van der Waals surface area (Å²) in [7, 11) is 32.1. The second-order valence-electron chi connectivity index (χ2n) is 7.59. The first-order valence-corrected chi connectivity index (χ1v) is 9.16. The quantitative estimate of drug-likeness (QED) is 0.491. The molecule has 110 valence electrons. The molecule has 1 saturated heterocycles. The lowest BCUT2D eigenvalue weighted by atomic mass is 8.57. The van der Waals surface area contributed by atoms with E-state index in [2.05, 4.69) is 61.1 Å². The Balaban J connectivity index is 1.92. The van der Waals surface area contributed by atoms with Crippen LogP contribution in [0.3, 0.4) is 0 Å². The highest BCUT2D eigenvalue weighted by Crippen LogP contribution is 2.51. The molecule has 1 aromatic carbocycles. The van der Waals surface area contributed by atoms with Crippen LogP contribution >= 0.6 is 0 Å². The monoisotopic (exact) mass is 320 g/mol. The third kappa shape index (κ3) is 3.82. The number of aryl methyl sites for hydroxylation is 1. The third-order valence-electron chi connectivity index (χ3n) is 5.86. The largest absolute Gasteiger partial charge is 0.206 e. The minimum absolute atomic E-state index is 0.115. The Morgan fingerprint density at radius 2 is 1.58 bits per heavy atom. The van der Waals surface area contributed by atoms with Gasteiger partial charge in [0.05, 0.1) is 0 Å². The van der Waals surface area contributed by atoms with Gasteiger partial charge < -0.3 is 0 Å². The fourth-order valence-corrected chi connectivity index (χ4v) is 4.31. The van der Waals surface area contributed by atoms with Gasteiger partial charge in [-0.3, -0.25) is 0 Å². The Hall–Kier alpha value is -0.981. The summed E-state index contributed by atoms with van der Waals surface area (Å²) >= 11 is 0. The Bertz CT molecular complexity index is 755. The van der Waals surface area contributed by atoms with Gasteiger partial charge in [-0.15, -0.1) is 0 Å². The highest BCUT2D eigenvalue weighted by molar-refractivity contribution is 8.01. The van der Waals surface area contributed by atoms with Gasteiger partial charge in [-0.1, -0.05) is 43.1 Å². The Labute approximate surface area is 166 Å². The molecule has 1 aromatic heterocycles. The molecule has 3 rings (SSSR count). The first-order valence-electron chi connectivity index (χ1n) is 9.16. The third-order valence-corrected chi connectivity index (χ3v) is 5.86. The van der Waals surface area contributed by atoms with Crippen molar-refractivity contribution in [2.24, 2.45) is 7.05 Å². The van der Waals surface area contributed by atoms with Crippen molar-refractivity contribution in [1.29, 1.82) is 0 Å². The van der Waals surface area contributed by atoms with Crippen molar-refractivity contribution < 1.29 is 4.57 Å². The molecule has 1 fully saturated rings. The SMILES string of the molecule is [B]B([B])B([B])B(B([B])[B])B1C(C)C1c1cc(-c2ccccc2)cc[n+]1C. The summed E-state index contributed by atoms with van der Waals surface area (Å²) in [6, 6.07) is 14.8. The molecule has 26 heavy (non-hydrogen) atoms. The van der Waals surface area contributed by atoms with Crippen LogP contribution in [0.2, 0.25) is 5.82 Å². The maximum Gasteiger partial charge on any atom is 0.176 e. The predicted molar refractivity (Wildman–Crippen MR) is 123 cm³/mol. The van der Waals surface area contributed by atoms with Crippen LogP contribution in [0.4, 0.5) is 0 Å². The summed E-state index contributed by atoms with van der Waals surface area (Å²) in [5.74, 6) is 0.768. The lowest BCUT2D eigenvalue weighted by Crippen LogP contribution is -2.64. The minimum atomic E-state index is -0.632. The first kappa shape index (κ1) is 19.8. The van der Waals surface area contributed by atoms with E-state index in [0.29, 0.717) is 11.6 Å². The van der Waals surface area contributed by atoms with Crippen molar-refractivity contribution in [1.82, 2.24) is 0 Å². The van der Waals surface area contributed by atoms with Crippen molar-refractivity contribution in [3.63, 3.8) is 0 Å². The van der Waals surface area contributed by atoms with Crippen molar-refractivity contribution >= 4 is 70.8 Å². The molecule has 2 aromatic rings. The van der Waals surface area contributed by atoms with Crippen LogP contribution in [0.1, 0.15) is 18.4 Å². The predicted octanol–water partition coefficient (Wildman–Crippen LogP) is -0.682. The molecule has 1 aliphatic rings. The van der Waals surface area contributed by atoms with Crippen LogP contribution in [0.5, 0.6) is 0 Å². The zero-order valence-corrected chi connectivity index (χ0v) is 15.5. The van der Waals surface area contributed by atoms with Crippen molar-refractivity contribution in [2.45, 2.75) is 18.6 Å². The average Bonchev–Trinajstić information content (AvgIpc) is 3.25. The van der Waals surface area contributed by atoms with E-state index in [9.17, 15) is 0 Å². The maximum absolute atomic E-state index is 6.25. The molecule has 0 spiro atoms. The Morgan fingerprint density at radius 3 is 2.15 bits per heavy atom. The van der Waals surface area contributed by atoms with Gasteiger partial charge in [0.1, 0.15) is 13.7 Å². The van der Waals surface area contributed by atoms with Gasteiger partial charge in [0.15, 0.2) is 11.9 Å². The highest BCUT2D eigenvalue weighted by Gasteiger charge is 2.59. The maximum atomic E-state index is 6.25. The van der Waals surface area contributed by atoms with E-state index in [1.807, 2.05) is 6.07 Å². The lowest BCUT2D eigenvalue weighted by Gasteiger charge is -2.25. The molecule has 2 unspecified atom stereocenters. The molecule has 0 N–H and O–H groups in total. The van der Waals surface area contributed by atoms with E-state index in [1.54, 1.807) is 0 Å². The normalized spacial score (nSPS) is 18.3. The Kier molecular flexibility index (Phi) is 6.04. The average molecular weight is 318 g/mol. The standard InChI is InChI=1S/C15H16B10N/c1-11-15(21(11)25(23(18)19)24(20)22(16)17)14-10-13(8-9-26(14)2)12-6-4-3-5-7-12/h3-11,15H,1-2H3/q+1. The molecule has 1 aliphatic heterocycles. The van der Waals surface area contributed by atoms with Crippen LogP contribution < -0.4 is 4.57 Å². The molecular weight excluding hydrogens is 302 g/mol. The van der Waals surface area contributed by atoms with Gasteiger partial charge in [0, 0.05) is 82.2 Å². The molecule has 10 radical (unpaired) electrons. The van der Waals surface area contributed by atoms with Crippen LogP contribution in [0, 0.1) is 0 Å². The number of pyridine rings is 1. The smallest absolute Gasteiger partial charge is 0.176 e. The summed E-state index contributed by atoms with van der Waals surface area (Å²) in [6.07, 6.45) is 0.392. The lowest BCUT2D eigenvalue weighted by molar-refractivity contribution is -0.678. The van der Waals surface area contributed by atoms with Crippen LogP contribution in [-0.2, 0) is 7.05 Å². The molecule has 2 heterocycles. The first-order chi connectivity index (χ1) is 12.3. The van der Waals surface area contributed by atoms with Gasteiger partial charge in [-0.25, -0.2) is 4.57 Å². The van der Waals surface area contributed by atoms with Gasteiger partial charge in [0.25, 0.3) is 0 Å². The molecule has 0 amide bonds. The molecule has 1 nitrogen and oxygen atoms in total. The summed E-state index contributed by atoms with van der Waals surface area (Å²) in [4.78, 5) is 0. The van der Waals surface area contributed by atoms with Gasteiger partial charge in [0.2, 0.25) is 0 Å². The van der Waals surface area contributed by atoms with E-state index in [0.717, 1.165) is 0 Å².